The summed E-state index contributed by atoms with van der Waals surface area (Å²) in [5, 5.41) is 3.45. The Hall–Kier alpha value is -3.07. The van der Waals surface area contributed by atoms with Crippen molar-refractivity contribution >= 4 is 50.7 Å². The number of nitrogens with zero attached hydrogens (tertiary/aromatic N) is 2. The maximum Gasteiger partial charge on any atom is 0.264 e. The van der Waals surface area contributed by atoms with E-state index in [0.717, 1.165) is 41.1 Å². The van der Waals surface area contributed by atoms with Crippen LogP contribution in [0.4, 0.5) is 5.69 Å². The molecule has 1 saturated carbocycles. The van der Waals surface area contributed by atoms with Gasteiger partial charge in [0.1, 0.15) is 12.6 Å². The maximum absolute atomic E-state index is 14.1. The van der Waals surface area contributed by atoms with E-state index < -0.39 is 28.5 Å². The second kappa shape index (κ2) is 13.1. The van der Waals surface area contributed by atoms with E-state index in [1.165, 1.54) is 29.2 Å². The van der Waals surface area contributed by atoms with E-state index in [0.29, 0.717) is 0 Å². The van der Waals surface area contributed by atoms with Crippen LogP contribution in [0.3, 0.4) is 0 Å². The Labute approximate surface area is 246 Å². The Bertz CT molecular complexity index is 1460. The summed E-state index contributed by atoms with van der Waals surface area (Å²) in [5.74, 6) is -0.819. The van der Waals surface area contributed by atoms with Crippen molar-refractivity contribution in [2.75, 3.05) is 10.8 Å². The molecule has 1 atom stereocenters. The smallest absolute Gasteiger partial charge is 0.264 e. The summed E-state index contributed by atoms with van der Waals surface area (Å²) in [5.41, 5.74) is 1.88. The van der Waals surface area contributed by atoms with Crippen molar-refractivity contribution in [3.05, 3.63) is 94.0 Å². The molecule has 3 aromatic carbocycles. The monoisotopic (exact) mass is 601 g/mol. The van der Waals surface area contributed by atoms with Gasteiger partial charge in [-0.3, -0.25) is 13.9 Å². The van der Waals surface area contributed by atoms with Crippen LogP contribution in [0.1, 0.15) is 43.7 Å². The van der Waals surface area contributed by atoms with Crippen molar-refractivity contribution in [2.24, 2.45) is 0 Å². The molecule has 212 valence electrons. The van der Waals surface area contributed by atoms with Crippen LogP contribution in [0, 0.1) is 6.92 Å². The van der Waals surface area contributed by atoms with Gasteiger partial charge < -0.3 is 10.2 Å². The van der Waals surface area contributed by atoms with E-state index >= 15 is 0 Å². The average Bonchev–Trinajstić information content (AvgIpc) is 3.45. The first-order valence-corrected chi connectivity index (χ1v) is 15.4. The highest BCUT2D eigenvalue weighted by atomic mass is 35.5. The van der Waals surface area contributed by atoms with Gasteiger partial charge in [-0.25, -0.2) is 8.42 Å². The van der Waals surface area contributed by atoms with Gasteiger partial charge >= 0.3 is 0 Å². The van der Waals surface area contributed by atoms with Crippen molar-refractivity contribution in [1.29, 1.82) is 0 Å². The standard InChI is InChI=1S/C30H33Cl2N3O4S/c1-21-10-6-7-11-23(21)19-34(22(2)30(37)33-25-12-8-9-13-25)29(36)20-35(28-18-24(31)16-17-27(28)32)40(38,39)26-14-4-3-5-15-26/h3-7,10-11,14-18,22,25H,8-9,12-13,19-20H2,1-2H3,(H,33,37)/t22-/m0/s1. The van der Waals surface area contributed by atoms with Crippen LogP contribution in [0.15, 0.2) is 77.7 Å². The number of benzene rings is 3. The van der Waals surface area contributed by atoms with Gasteiger partial charge in [-0.1, -0.05) is 78.5 Å². The number of hydrogen-bond acceptors (Lipinski definition) is 4. The SMILES string of the molecule is Cc1ccccc1CN(C(=O)CN(c1cc(Cl)ccc1Cl)S(=O)(=O)c1ccccc1)[C@@H](C)C(=O)NC1CCCC1. The summed E-state index contributed by atoms with van der Waals surface area (Å²) < 4.78 is 28.7. The molecule has 10 heteroatoms. The van der Waals surface area contributed by atoms with Gasteiger partial charge in [0.05, 0.1) is 15.6 Å². The molecule has 3 aromatic rings. The first-order chi connectivity index (χ1) is 19.1. The van der Waals surface area contributed by atoms with Gasteiger partial charge in [0, 0.05) is 17.6 Å². The topological polar surface area (TPSA) is 86.8 Å². The highest BCUT2D eigenvalue weighted by molar-refractivity contribution is 7.92. The third kappa shape index (κ3) is 6.97. The van der Waals surface area contributed by atoms with E-state index in [4.69, 9.17) is 23.2 Å². The number of rotatable bonds is 10. The zero-order valence-corrected chi connectivity index (χ0v) is 24.8. The summed E-state index contributed by atoms with van der Waals surface area (Å²) in [6, 6.07) is 19.1. The molecule has 4 rings (SSSR count). The first-order valence-electron chi connectivity index (χ1n) is 13.2. The predicted octanol–water partition coefficient (Wildman–Crippen LogP) is 5.97. The van der Waals surface area contributed by atoms with Crippen molar-refractivity contribution in [3.8, 4) is 0 Å². The minimum absolute atomic E-state index is 0.00341. The molecule has 0 unspecified atom stereocenters. The molecule has 0 aromatic heterocycles. The fourth-order valence-corrected chi connectivity index (χ4v) is 6.74. The Kier molecular flexibility index (Phi) is 9.77. The zero-order valence-electron chi connectivity index (χ0n) is 22.5. The normalized spacial score (nSPS) is 14.5. The highest BCUT2D eigenvalue weighted by Crippen LogP contribution is 2.33. The number of sulfonamides is 1. The van der Waals surface area contributed by atoms with E-state index in [1.54, 1.807) is 31.2 Å². The van der Waals surface area contributed by atoms with Crippen molar-refractivity contribution < 1.29 is 18.0 Å². The molecule has 0 heterocycles. The molecule has 0 aliphatic heterocycles. The highest BCUT2D eigenvalue weighted by Gasteiger charge is 2.34. The largest absolute Gasteiger partial charge is 0.352 e. The number of halogens is 2. The van der Waals surface area contributed by atoms with Crippen LogP contribution < -0.4 is 9.62 Å². The molecule has 7 nitrogen and oxygen atoms in total. The molecule has 2 amide bonds. The second-order valence-electron chi connectivity index (χ2n) is 10.0. The van der Waals surface area contributed by atoms with Gasteiger partial charge in [0.15, 0.2) is 0 Å². The molecule has 1 N–H and O–H groups in total. The van der Waals surface area contributed by atoms with Crippen LogP contribution in [0.2, 0.25) is 10.0 Å². The van der Waals surface area contributed by atoms with Gasteiger partial charge in [0.2, 0.25) is 11.8 Å². The lowest BCUT2D eigenvalue weighted by molar-refractivity contribution is -0.139. The van der Waals surface area contributed by atoms with Gasteiger partial charge in [-0.05, 0) is 68.1 Å². The fraction of sp³-hybridized carbons (Fsp3) is 0.333. The number of carbonyl (C=O) groups is 2. The number of aryl methyl sites for hydroxylation is 1. The summed E-state index contributed by atoms with van der Waals surface area (Å²) >= 11 is 12.7. The third-order valence-corrected chi connectivity index (χ3v) is 9.59. The summed E-state index contributed by atoms with van der Waals surface area (Å²) in [7, 11) is -4.23. The lowest BCUT2D eigenvalue weighted by atomic mass is 10.1. The number of anilines is 1. The molecule has 1 fully saturated rings. The summed E-state index contributed by atoms with van der Waals surface area (Å²) in [4.78, 5) is 28.8. The second-order valence-corrected chi connectivity index (χ2v) is 12.7. The molecule has 1 aliphatic rings. The Morgan fingerprint density at radius 2 is 1.62 bits per heavy atom. The molecular weight excluding hydrogens is 569 g/mol. The number of hydrogen-bond donors (Lipinski definition) is 1. The average molecular weight is 603 g/mol. The van der Waals surface area contributed by atoms with Crippen molar-refractivity contribution in [3.63, 3.8) is 0 Å². The summed E-state index contributed by atoms with van der Waals surface area (Å²) in [6.07, 6.45) is 3.91. The Morgan fingerprint density at radius 1 is 0.975 bits per heavy atom. The Morgan fingerprint density at radius 3 is 2.30 bits per heavy atom. The van der Waals surface area contributed by atoms with E-state index in [2.05, 4.69) is 5.32 Å². The van der Waals surface area contributed by atoms with Crippen LogP contribution in [-0.2, 0) is 26.2 Å². The Balaban J connectivity index is 1.72. The summed E-state index contributed by atoms with van der Waals surface area (Å²) in [6.45, 7) is 3.15. The first kappa shape index (κ1) is 29.9. The molecule has 0 radical (unpaired) electrons. The maximum atomic E-state index is 14.1. The number of nitrogens with one attached hydrogen (secondary N) is 1. The van der Waals surface area contributed by atoms with Crippen molar-refractivity contribution in [1.82, 2.24) is 10.2 Å². The van der Waals surface area contributed by atoms with Crippen molar-refractivity contribution in [2.45, 2.75) is 63.1 Å². The predicted molar refractivity (Wildman–Crippen MR) is 159 cm³/mol. The van der Waals surface area contributed by atoms with Gasteiger partial charge in [-0.15, -0.1) is 0 Å². The van der Waals surface area contributed by atoms with Gasteiger partial charge in [0.25, 0.3) is 10.0 Å². The third-order valence-electron chi connectivity index (χ3n) is 7.26. The van der Waals surface area contributed by atoms with E-state index in [9.17, 15) is 18.0 Å². The number of carbonyl (C=O) groups excluding carboxylic acids is 2. The molecular formula is C30H33Cl2N3O4S. The van der Waals surface area contributed by atoms with Crippen LogP contribution in [0.25, 0.3) is 0 Å². The van der Waals surface area contributed by atoms with E-state index in [1.807, 2.05) is 31.2 Å². The van der Waals surface area contributed by atoms with Gasteiger partial charge in [-0.2, -0.15) is 0 Å². The van der Waals surface area contributed by atoms with Crippen LogP contribution in [-0.4, -0.2) is 43.8 Å². The quantitative estimate of drug-likeness (QED) is 0.310. The lowest BCUT2D eigenvalue weighted by Gasteiger charge is -2.33. The molecule has 0 bridgehead atoms. The molecule has 1 aliphatic carbocycles. The number of amides is 2. The lowest BCUT2D eigenvalue weighted by Crippen LogP contribution is -2.52. The zero-order chi connectivity index (χ0) is 28.9. The molecule has 0 saturated heterocycles. The molecule has 0 spiro atoms. The fourth-order valence-electron chi connectivity index (χ4n) is 4.86. The molecule has 40 heavy (non-hydrogen) atoms. The van der Waals surface area contributed by atoms with E-state index in [-0.39, 0.29) is 39.1 Å². The van der Waals surface area contributed by atoms with Crippen LogP contribution >= 0.6 is 23.2 Å². The minimum Gasteiger partial charge on any atom is -0.352 e. The minimum atomic E-state index is -4.23. The van der Waals surface area contributed by atoms with Crippen LogP contribution in [0.5, 0.6) is 0 Å².